The predicted octanol–water partition coefficient (Wildman–Crippen LogP) is 2.70. The number of sulfone groups is 1. The van der Waals surface area contributed by atoms with Crippen LogP contribution in [0.2, 0.25) is 0 Å². The fraction of sp³-hybridized carbons (Fsp3) is 0.0714. The number of hydrogen-bond donors (Lipinski definition) is 1. The summed E-state index contributed by atoms with van der Waals surface area (Å²) in [6.45, 7) is 0. The monoisotopic (exact) mass is 308 g/mol. The standard InChI is InChI=1S/C14H12O4S2/c15-14(16)10-19-11-6-8-13(9-7-11)20(17,18)12-4-2-1-3-5-12/h1-9H,10H2,(H,15,16). The van der Waals surface area contributed by atoms with Crippen LogP contribution in [-0.4, -0.2) is 25.2 Å². The molecule has 20 heavy (non-hydrogen) atoms. The lowest BCUT2D eigenvalue weighted by Crippen LogP contribution is -2.01. The minimum absolute atomic E-state index is 0.0508. The van der Waals surface area contributed by atoms with E-state index in [0.717, 1.165) is 16.7 Å². The Bertz CT molecular complexity index is 692. The van der Waals surface area contributed by atoms with Gasteiger partial charge in [-0.1, -0.05) is 18.2 Å². The summed E-state index contributed by atoms with van der Waals surface area (Å²) in [6, 6.07) is 14.4. The molecule has 0 fully saturated rings. The molecular weight excluding hydrogens is 296 g/mol. The van der Waals surface area contributed by atoms with E-state index < -0.39 is 15.8 Å². The van der Waals surface area contributed by atoms with Gasteiger partial charge in [-0.05, 0) is 36.4 Å². The van der Waals surface area contributed by atoms with Gasteiger partial charge in [-0.15, -0.1) is 11.8 Å². The zero-order chi connectivity index (χ0) is 14.6. The number of carbonyl (C=O) groups is 1. The molecule has 0 aromatic heterocycles. The van der Waals surface area contributed by atoms with Crippen molar-refractivity contribution in [2.24, 2.45) is 0 Å². The number of hydrogen-bond acceptors (Lipinski definition) is 4. The third kappa shape index (κ3) is 3.40. The average molecular weight is 308 g/mol. The van der Waals surface area contributed by atoms with E-state index in [1.54, 1.807) is 42.5 Å². The van der Waals surface area contributed by atoms with Crippen molar-refractivity contribution in [2.45, 2.75) is 14.7 Å². The maximum Gasteiger partial charge on any atom is 0.313 e. The van der Waals surface area contributed by atoms with Gasteiger partial charge in [0, 0.05) is 4.90 Å². The number of benzene rings is 2. The number of rotatable bonds is 5. The van der Waals surface area contributed by atoms with Crippen LogP contribution in [0.15, 0.2) is 69.3 Å². The van der Waals surface area contributed by atoms with Crippen molar-refractivity contribution >= 4 is 27.6 Å². The summed E-state index contributed by atoms with van der Waals surface area (Å²) in [6.07, 6.45) is 0. The molecule has 0 unspecified atom stereocenters. The Kier molecular flexibility index (Phi) is 4.46. The number of carboxylic acid groups (broad SMARTS) is 1. The summed E-state index contributed by atoms with van der Waals surface area (Å²) in [7, 11) is -3.51. The quantitative estimate of drug-likeness (QED) is 0.860. The largest absolute Gasteiger partial charge is 0.481 e. The van der Waals surface area contributed by atoms with Crippen LogP contribution in [0.1, 0.15) is 0 Å². The number of aliphatic carboxylic acids is 1. The molecule has 0 saturated carbocycles. The van der Waals surface area contributed by atoms with Gasteiger partial charge in [-0.3, -0.25) is 4.79 Å². The first-order valence-electron chi connectivity index (χ1n) is 5.75. The van der Waals surface area contributed by atoms with Crippen molar-refractivity contribution in [3.8, 4) is 0 Å². The highest BCUT2D eigenvalue weighted by molar-refractivity contribution is 8.00. The topological polar surface area (TPSA) is 71.4 Å². The van der Waals surface area contributed by atoms with Crippen LogP contribution in [0.5, 0.6) is 0 Å². The zero-order valence-electron chi connectivity index (χ0n) is 10.4. The van der Waals surface area contributed by atoms with Gasteiger partial charge in [0.1, 0.15) is 0 Å². The molecule has 2 aromatic rings. The van der Waals surface area contributed by atoms with E-state index in [1.165, 1.54) is 12.1 Å². The highest BCUT2D eigenvalue weighted by atomic mass is 32.2. The summed E-state index contributed by atoms with van der Waals surface area (Å²) in [4.78, 5) is 11.6. The third-order valence-corrected chi connectivity index (χ3v) is 5.33. The van der Waals surface area contributed by atoms with Gasteiger partial charge >= 0.3 is 5.97 Å². The molecule has 2 aromatic carbocycles. The Morgan fingerprint density at radius 2 is 1.50 bits per heavy atom. The second-order valence-electron chi connectivity index (χ2n) is 3.97. The second-order valence-corrected chi connectivity index (χ2v) is 6.97. The van der Waals surface area contributed by atoms with Crippen molar-refractivity contribution in [2.75, 3.05) is 5.75 Å². The summed E-state index contributed by atoms with van der Waals surface area (Å²) < 4.78 is 24.6. The third-order valence-electron chi connectivity index (χ3n) is 2.55. The van der Waals surface area contributed by atoms with Gasteiger partial charge in [0.15, 0.2) is 0 Å². The molecule has 0 radical (unpaired) electrons. The average Bonchev–Trinajstić information content (AvgIpc) is 2.46. The number of thioether (sulfide) groups is 1. The minimum atomic E-state index is -3.51. The molecule has 0 aliphatic rings. The highest BCUT2D eigenvalue weighted by Gasteiger charge is 2.16. The van der Waals surface area contributed by atoms with Crippen LogP contribution in [-0.2, 0) is 14.6 Å². The van der Waals surface area contributed by atoms with Crippen LogP contribution in [0.3, 0.4) is 0 Å². The first-order valence-corrected chi connectivity index (χ1v) is 8.22. The van der Waals surface area contributed by atoms with Crippen molar-refractivity contribution in [3.63, 3.8) is 0 Å². The van der Waals surface area contributed by atoms with E-state index in [1.807, 2.05) is 0 Å². The van der Waals surface area contributed by atoms with Crippen molar-refractivity contribution in [1.29, 1.82) is 0 Å². The van der Waals surface area contributed by atoms with Gasteiger partial charge in [0.25, 0.3) is 0 Å². The molecule has 0 heterocycles. The van der Waals surface area contributed by atoms with Gasteiger partial charge < -0.3 is 5.11 Å². The van der Waals surface area contributed by atoms with E-state index in [0.29, 0.717) is 0 Å². The summed E-state index contributed by atoms with van der Waals surface area (Å²) >= 11 is 1.15. The SMILES string of the molecule is O=C(O)CSc1ccc(S(=O)(=O)c2ccccc2)cc1. The number of carboxylic acids is 1. The van der Waals surface area contributed by atoms with E-state index in [4.69, 9.17) is 5.11 Å². The van der Waals surface area contributed by atoms with E-state index in [9.17, 15) is 13.2 Å². The van der Waals surface area contributed by atoms with Crippen LogP contribution in [0, 0.1) is 0 Å². The second kappa shape index (κ2) is 6.11. The minimum Gasteiger partial charge on any atom is -0.481 e. The van der Waals surface area contributed by atoms with Crippen LogP contribution in [0.4, 0.5) is 0 Å². The molecule has 0 spiro atoms. The highest BCUT2D eigenvalue weighted by Crippen LogP contribution is 2.24. The molecule has 0 saturated heterocycles. The fourth-order valence-electron chi connectivity index (χ4n) is 1.60. The molecule has 104 valence electrons. The molecule has 6 heteroatoms. The fourth-order valence-corrected chi connectivity index (χ4v) is 3.50. The normalized spacial score (nSPS) is 11.2. The lowest BCUT2D eigenvalue weighted by molar-refractivity contribution is -0.133. The van der Waals surface area contributed by atoms with E-state index in [-0.39, 0.29) is 15.5 Å². The Hall–Kier alpha value is -1.79. The Morgan fingerprint density at radius 3 is 2.05 bits per heavy atom. The molecule has 0 aliphatic carbocycles. The van der Waals surface area contributed by atoms with Gasteiger partial charge in [-0.25, -0.2) is 8.42 Å². The lowest BCUT2D eigenvalue weighted by Gasteiger charge is -2.05. The Balaban J connectivity index is 2.24. The molecule has 1 N–H and O–H groups in total. The zero-order valence-corrected chi connectivity index (χ0v) is 12.0. The molecule has 0 bridgehead atoms. The molecule has 0 aliphatic heterocycles. The van der Waals surface area contributed by atoms with Crippen LogP contribution < -0.4 is 0 Å². The van der Waals surface area contributed by atoms with Crippen LogP contribution >= 0.6 is 11.8 Å². The maximum absolute atomic E-state index is 12.3. The molecular formula is C14H12O4S2. The molecule has 2 rings (SSSR count). The molecule has 0 amide bonds. The predicted molar refractivity (Wildman–Crippen MR) is 76.7 cm³/mol. The van der Waals surface area contributed by atoms with E-state index in [2.05, 4.69) is 0 Å². The van der Waals surface area contributed by atoms with Gasteiger partial charge in [0.2, 0.25) is 9.84 Å². The smallest absolute Gasteiger partial charge is 0.313 e. The van der Waals surface area contributed by atoms with Crippen molar-refractivity contribution in [3.05, 3.63) is 54.6 Å². The molecule has 4 nitrogen and oxygen atoms in total. The summed E-state index contributed by atoms with van der Waals surface area (Å²) in [5.74, 6) is -0.957. The summed E-state index contributed by atoms with van der Waals surface area (Å²) in [5, 5.41) is 8.59. The van der Waals surface area contributed by atoms with Crippen LogP contribution in [0.25, 0.3) is 0 Å². The van der Waals surface area contributed by atoms with Gasteiger partial charge in [0.05, 0.1) is 15.5 Å². The first-order chi connectivity index (χ1) is 9.50. The first kappa shape index (κ1) is 14.6. The van der Waals surface area contributed by atoms with Crippen molar-refractivity contribution < 1.29 is 18.3 Å². The molecule has 0 atom stereocenters. The van der Waals surface area contributed by atoms with Crippen molar-refractivity contribution in [1.82, 2.24) is 0 Å². The summed E-state index contributed by atoms with van der Waals surface area (Å²) in [5.41, 5.74) is 0. The van der Waals surface area contributed by atoms with Gasteiger partial charge in [-0.2, -0.15) is 0 Å². The van der Waals surface area contributed by atoms with E-state index >= 15 is 0 Å². The Labute approximate surface area is 121 Å². The maximum atomic E-state index is 12.3. The Morgan fingerprint density at radius 1 is 0.950 bits per heavy atom. The lowest BCUT2D eigenvalue weighted by atomic mass is 10.4.